The molecule has 0 bridgehead atoms. The molecule has 0 aliphatic heterocycles. The molecule has 0 saturated carbocycles. The Bertz CT molecular complexity index is 713. The van der Waals surface area contributed by atoms with E-state index in [1.165, 1.54) is 5.01 Å². The maximum Gasteiger partial charge on any atom is 0.325 e. The van der Waals surface area contributed by atoms with Gasteiger partial charge in [0, 0.05) is 26.2 Å². The van der Waals surface area contributed by atoms with Gasteiger partial charge < -0.3 is 50.9 Å². The van der Waals surface area contributed by atoms with Gasteiger partial charge in [-0.3, -0.25) is 36.5 Å². The molecule has 0 saturated heterocycles. The first-order chi connectivity index (χ1) is 18.8. The number of aliphatic carboxylic acids is 1. The molecule has 40 heavy (non-hydrogen) atoms. The van der Waals surface area contributed by atoms with Gasteiger partial charge in [0.05, 0.1) is 0 Å². The van der Waals surface area contributed by atoms with Crippen LogP contribution < -0.4 is 96.3 Å². The summed E-state index contributed by atoms with van der Waals surface area (Å²) in [6.45, 7) is 9.98. The lowest BCUT2D eigenvalue weighted by molar-refractivity contribution is -0.135. The number of hydrazine groups is 5. The molecule has 0 rings (SSSR count). The Morgan fingerprint density at radius 3 is 1.60 bits per heavy atom. The first kappa shape index (κ1) is 45.0. The van der Waals surface area contributed by atoms with Gasteiger partial charge in [0.15, 0.2) is 0 Å². The lowest BCUT2D eigenvalue weighted by atomic mass is 10.7. The van der Waals surface area contributed by atoms with Crippen LogP contribution in [0.3, 0.4) is 0 Å². The number of carboxylic acids is 1. The molecule has 25 nitrogen and oxygen atoms in total. The summed E-state index contributed by atoms with van der Waals surface area (Å²) < 4.78 is 0. The van der Waals surface area contributed by atoms with E-state index in [2.05, 4.69) is 52.4 Å². The van der Waals surface area contributed by atoms with Crippen molar-refractivity contribution in [3.8, 4) is 0 Å². The maximum absolute atomic E-state index is 9.79. The van der Waals surface area contributed by atoms with Gasteiger partial charge in [-0.05, 0) is 20.8 Å². The van der Waals surface area contributed by atoms with Crippen molar-refractivity contribution in [1.29, 1.82) is 0 Å². The van der Waals surface area contributed by atoms with Crippen molar-refractivity contribution in [2.75, 3.05) is 32.7 Å². The number of hydrogen-bond donors (Lipinski definition) is 18. The van der Waals surface area contributed by atoms with Crippen molar-refractivity contribution in [3.05, 3.63) is 0 Å². The van der Waals surface area contributed by atoms with Crippen LogP contribution in [0.15, 0.2) is 25.3 Å². The fraction of sp³-hybridized carbons (Fsp3) is 0.600. The molecule has 25 heteroatoms. The SMILES string of the molecule is CCN(N)C(N)=NN.CCN=C(NN)NN.CCNN/C(N)=N\N.CCNN=C(N)N.NNC(N)=NCC(=O)O. The lowest BCUT2D eigenvalue weighted by Crippen LogP contribution is -2.45. The number of carbonyl (C=O) groups is 1. The molecule has 0 atom stereocenters. The third kappa shape index (κ3) is 46.4. The van der Waals surface area contributed by atoms with E-state index in [0.29, 0.717) is 19.0 Å². The number of hydrazone groups is 3. The van der Waals surface area contributed by atoms with Gasteiger partial charge in [0.25, 0.3) is 0 Å². The molecule has 0 fully saturated rings. The van der Waals surface area contributed by atoms with E-state index in [1.54, 1.807) is 0 Å². The van der Waals surface area contributed by atoms with Gasteiger partial charge in [-0.2, -0.15) is 0 Å². The van der Waals surface area contributed by atoms with E-state index in [-0.39, 0.29) is 30.4 Å². The monoisotopic (exact) mass is 585 g/mol. The van der Waals surface area contributed by atoms with Crippen molar-refractivity contribution in [2.24, 2.45) is 89.0 Å². The molecule has 0 radical (unpaired) electrons. The van der Waals surface area contributed by atoms with Crippen LogP contribution in [0.25, 0.3) is 0 Å². The minimum absolute atomic E-state index is 0.0712. The highest BCUT2D eigenvalue weighted by atomic mass is 16.4. The molecule has 29 N–H and O–H groups in total. The molecule has 0 aromatic rings. The molecule has 0 spiro atoms. The molecular weight excluding hydrogens is 534 g/mol. The summed E-state index contributed by atoms with van der Waals surface area (Å²) in [6, 6.07) is 0. The highest BCUT2D eigenvalue weighted by Crippen LogP contribution is 1.70. The summed E-state index contributed by atoms with van der Waals surface area (Å²) in [6.07, 6.45) is 0. The fourth-order valence-corrected chi connectivity index (χ4v) is 1.11. The molecule has 0 aromatic carbocycles. The van der Waals surface area contributed by atoms with Gasteiger partial charge in [0.2, 0.25) is 29.8 Å². The first-order valence-corrected chi connectivity index (χ1v) is 11.2. The van der Waals surface area contributed by atoms with E-state index in [1.807, 2.05) is 33.1 Å². The number of nitrogens with two attached hydrogens (primary N) is 11. The minimum atomic E-state index is -1.05. The zero-order valence-corrected chi connectivity index (χ0v) is 23.4. The summed E-state index contributed by atoms with van der Waals surface area (Å²) in [5, 5.41) is 19.0. The predicted octanol–water partition coefficient (Wildman–Crippen LogP) is -8.42. The second-order valence-electron chi connectivity index (χ2n) is 5.84. The summed E-state index contributed by atoms with van der Waals surface area (Å²) >= 11 is 0. The molecule has 0 heterocycles. The van der Waals surface area contributed by atoms with E-state index in [0.717, 1.165) is 13.1 Å². The Hall–Kier alpha value is -4.98. The van der Waals surface area contributed by atoms with Gasteiger partial charge >= 0.3 is 5.97 Å². The van der Waals surface area contributed by atoms with Gasteiger partial charge in [-0.25, -0.2) is 33.8 Å². The zero-order chi connectivity index (χ0) is 32.4. The summed E-state index contributed by atoms with van der Waals surface area (Å²) in [7, 11) is 0. The van der Waals surface area contributed by atoms with Crippen LogP contribution in [0.5, 0.6) is 0 Å². The summed E-state index contributed by atoms with van der Waals surface area (Å²) in [4.78, 5) is 16.9. The molecule has 0 aliphatic carbocycles. The molecule has 238 valence electrons. The van der Waals surface area contributed by atoms with Crippen molar-refractivity contribution in [1.82, 2.24) is 37.6 Å². The maximum atomic E-state index is 9.79. The average molecular weight is 586 g/mol. The third-order valence-electron chi connectivity index (χ3n) is 2.79. The van der Waals surface area contributed by atoms with E-state index < -0.39 is 5.97 Å². The van der Waals surface area contributed by atoms with Gasteiger partial charge in [0.1, 0.15) is 6.54 Å². The van der Waals surface area contributed by atoms with Gasteiger partial charge in [-0.1, -0.05) is 6.92 Å². The van der Waals surface area contributed by atoms with Crippen LogP contribution in [0.4, 0.5) is 0 Å². The molecule has 0 unspecified atom stereocenters. The number of aliphatic imine (C=N–C) groups is 2. The number of rotatable bonds is 8. The smallest absolute Gasteiger partial charge is 0.325 e. The van der Waals surface area contributed by atoms with Crippen LogP contribution in [0.2, 0.25) is 0 Å². The number of hydrogen-bond acceptors (Lipinski definition) is 14. The molecular formula is C15H51N23O2. The van der Waals surface area contributed by atoms with Crippen LogP contribution in [-0.4, -0.2) is 78.6 Å². The second kappa shape index (κ2) is 36.2. The Labute approximate surface area is 233 Å². The fourth-order valence-electron chi connectivity index (χ4n) is 1.11. The van der Waals surface area contributed by atoms with Crippen LogP contribution in [-0.2, 0) is 4.79 Å². The van der Waals surface area contributed by atoms with Crippen LogP contribution in [0.1, 0.15) is 27.7 Å². The zero-order valence-electron chi connectivity index (χ0n) is 23.4. The standard InChI is InChI=1S/3C3H11N5.C3H8N4O2.C3H10N4/c1-2-6-3(7-4)8-5;1-2-8(6)3(4)7-5;1-2-6-8-3(4)7-5;4-3(7-5)6-1-2(8)9;1-2-6-7-3(4)5/h2,4-5H2,1H3,(H2,6,7,8);2,5-6H2,1H3,(H2,4,7);6H,2,5H2,1H3,(H3,4,7,8);1,5H2,(H,8,9)(H3,4,6,7);6H,2H2,1H3,(H4,4,5,7). The van der Waals surface area contributed by atoms with E-state index >= 15 is 0 Å². The second-order valence-corrected chi connectivity index (χ2v) is 5.84. The molecule has 0 amide bonds. The lowest BCUT2D eigenvalue weighted by Gasteiger charge is -2.12. The average Bonchev–Trinajstić information content (AvgIpc) is 2.96. The molecule has 0 aliphatic rings. The number of nitrogens with one attached hydrogen (secondary N) is 6. The normalized spacial score (nSPS) is 9.95. The van der Waals surface area contributed by atoms with E-state index in [4.69, 9.17) is 68.8 Å². The summed E-state index contributed by atoms with van der Waals surface area (Å²) in [5.74, 6) is 29.1. The molecule has 0 aromatic heterocycles. The van der Waals surface area contributed by atoms with Crippen LogP contribution in [0, 0.1) is 0 Å². The van der Waals surface area contributed by atoms with Crippen molar-refractivity contribution < 1.29 is 9.90 Å². The topological polar surface area (TPSA) is 461 Å². The predicted molar refractivity (Wildman–Crippen MR) is 159 cm³/mol. The highest BCUT2D eigenvalue weighted by molar-refractivity contribution is 5.80. The number of guanidine groups is 5. The first-order valence-electron chi connectivity index (χ1n) is 11.2. The Kier molecular flexibility index (Phi) is 40.7. The van der Waals surface area contributed by atoms with Gasteiger partial charge in [-0.15, -0.1) is 15.3 Å². The Morgan fingerprint density at radius 1 is 0.825 bits per heavy atom. The Balaban J connectivity index is -0.000000128. The van der Waals surface area contributed by atoms with Crippen LogP contribution >= 0.6 is 0 Å². The quantitative estimate of drug-likeness (QED) is 0.0543. The number of carboxylic acid groups (broad SMARTS) is 1. The minimum Gasteiger partial charge on any atom is -0.480 e. The third-order valence-corrected chi connectivity index (χ3v) is 2.79. The number of nitrogens with zero attached hydrogens (tertiary/aromatic N) is 6. The van der Waals surface area contributed by atoms with Crippen molar-refractivity contribution in [3.63, 3.8) is 0 Å². The van der Waals surface area contributed by atoms with Crippen molar-refractivity contribution in [2.45, 2.75) is 27.7 Å². The largest absolute Gasteiger partial charge is 0.480 e. The summed E-state index contributed by atoms with van der Waals surface area (Å²) in [5.41, 5.74) is 39.5. The Morgan fingerprint density at radius 2 is 1.38 bits per heavy atom. The van der Waals surface area contributed by atoms with Crippen molar-refractivity contribution >= 4 is 35.8 Å². The van der Waals surface area contributed by atoms with E-state index in [9.17, 15) is 4.79 Å². The highest BCUT2D eigenvalue weighted by Gasteiger charge is 1.94.